The average Bonchev–Trinajstić information content (AvgIpc) is 2.92. The molecule has 3 aromatic rings. The highest BCUT2D eigenvalue weighted by Gasteiger charge is 2.38. The summed E-state index contributed by atoms with van der Waals surface area (Å²) in [7, 11) is -3.94. The highest BCUT2D eigenvalue weighted by Crippen LogP contribution is 2.40. The van der Waals surface area contributed by atoms with Crippen LogP contribution in [-0.4, -0.2) is 40.1 Å². The monoisotopic (exact) mass is 547 g/mol. The first kappa shape index (κ1) is 27.1. The van der Waals surface area contributed by atoms with Crippen molar-refractivity contribution >= 4 is 33.0 Å². The lowest BCUT2D eigenvalue weighted by molar-refractivity contribution is -0.122. The van der Waals surface area contributed by atoms with E-state index in [-0.39, 0.29) is 16.9 Å². The molecule has 39 heavy (non-hydrogen) atoms. The number of carbonyl (C=O) groups is 1. The number of fused-ring (bicyclic) bond motifs is 1. The van der Waals surface area contributed by atoms with Crippen LogP contribution in [0.15, 0.2) is 71.6 Å². The van der Waals surface area contributed by atoms with E-state index in [4.69, 9.17) is 4.74 Å². The van der Waals surface area contributed by atoms with Crippen LogP contribution in [0.5, 0.6) is 5.75 Å². The van der Waals surface area contributed by atoms with Gasteiger partial charge in [0.1, 0.15) is 5.75 Å². The average molecular weight is 548 g/mol. The minimum Gasteiger partial charge on any atom is -0.476 e. The Morgan fingerprint density at radius 1 is 0.923 bits per heavy atom. The number of hydrogen-bond donors (Lipinski definition) is 1. The van der Waals surface area contributed by atoms with Crippen molar-refractivity contribution in [3.8, 4) is 5.75 Å². The van der Waals surface area contributed by atoms with E-state index in [0.29, 0.717) is 17.1 Å². The topological polar surface area (TPSA) is 79.0 Å². The Balaban J connectivity index is 1.42. The Morgan fingerprint density at radius 3 is 2.23 bits per heavy atom. The van der Waals surface area contributed by atoms with E-state index < -0.39 is 22.0 Å². The molecule has 2 aliphatic heterocycles. The molecule has 7 nitrogen and oxygen atoms in total. The van der Waals surface area contributed by atoms with E-state index in [2.05, 4.69) is 31.0 Å². The second-order valence-corrected chi connectivity index (χ2v) is 13.3. The Labute approximate surface area is 231 Å². The number of nitrogens with zero attached hydrogens (tertiary/aromatic N) is 2. The van der Waals surface area contributed by atoms with Gasteiger partial charge < -0.3 is 15.0 Å². The van der Waals surface area contributed by atoms with Gasteiger partial charge in [-0.05, 0) is 85.7 Å². The van der Waals surface area contributed by atoms with Crippen LogP contribution in [0, 0.1) is 6.92 Å². The summed E-state index contributed by atoms with van der Waals surface area (Å²) in [5.41, 5.74) is 3.98. The van der Waals surface area contributed by atoms with Gasteiger partial charge in [-0.3, -0.25) is 9.10 Å². The number of nitrogens with one attached hydrogen (secondary N) is 1. The first-order valence-electron chi connectivity index (χ1n) is 13.6. The quantitative estimate of drug-likeness (QED) is 0.432. The molecule has 0 aliphatic carbocycles. The number of piperidine rings is 1. The van der Waals surface area contributed by atoms with Crippen LogP contribution in [0.1, 0.15) is 51.2 Å². The maximum atomic E-state index is 13.9. The predicted octanol–water partition coefficient (Wildman–Crippen LogP) is 5.88. The standard InChI is InChI=1S/C31H37N3O4S/c1-22-8-15-26(16-9-22)39(36,37)34-21-29(38-28-17-10-23(20-27(28)34)31(2,3)4)30(35)32-24-11-13-25(14-12-24)33-18-6-5-7-19-33/h8-17,20,29H,5-7,18-19,21H2,1-4H3,(H,32,35). The number of carbonyl (C=O) groups excluding carboxylic acids is 1. The summed E-state index contributed by atoms with van der Waals surface area (Å²) in [6, 6.07) is 20.1. The summed E-state index contributed by atoms with van der Waals surface area (Å²) in [5, 5.41) is 2.92. The molecule has 2 aliphatic rings. The van der Waals surface area contributed by atoms with E-state index in [1.165, 1.54) is 23.6 Å². The zero-order valence-corrected chi connectivity index (χ0v) is 23.9. The number of hydrogen-bond acceptors (Lipinski definition) is 5. The fourth-order valence-electron chi connectivity index (χ4n) is 5.05. The summed E-state index contributed by atoms with van der Waals surface area (Å²) < 4.78 is 35.2. The number of rotatable bonds is 5. The van der Waals surface area contributed by atoms with Crippen molar-refractivity contribution in [3.05, 3.63) is 77.9 Å². The molecule has 0 aromatic heterocycles. The highest BCUT2D eigenvalue weighted by molar-refractivity contribution is 7.92. The van der Waals surface area contributed by atoms with Crippen molar-refractivity contribution in [2.24, 2.45) is 0 Å². The maximum absolute atomic E-state index is 13.9. The van der Waals surface area contributed by atoms with E-state index >= 15 is 0 Å². The second-order valence-electron chi connectivity index (χ2n) is 11.5. The third-order valence-electron chi connectivity index (χ3n) is 7.45. The van der Waals surface area contributed by atoms with Crippen molar-refractivity contribution in [2.45, 2.75) is 63.4 Å². The summed E-state index contributed by atoms with van der Waals surface area (Å²) in [6.07, 6.45) is 2.64. The predicted molar refractivity (Wildman–Crippen MR) is 156 cm³/mol. The molecular weight excluding hydrogens is 510 g/mol. The fourth-order valence-corrected chi connectivity index (χ4v) is 6.52. The first-order valence-corrected chi connectivity index (χ1v) is 15.0. The molecule has 8 heteroatoms. The van der Waals surface area contributed by atoms with Crippen LogP contribution < -0.4 is 19.3 Å². The molecule has 1 saturated heterocycles. The Hall–Kier alpha value is -3.52. The third kappa shape index (κ3) is 5.76. The molecule has 0 saturated carbocycles. The van der Waals surface area contributed by atoms with Gasteiger partial charge in [0.25, 0.3) is 15.9 Å². The van der Waals surface area contributed by atoms with Crippen molar-refractivity contribution in [3.63, 3.8) is 0 Å². The number of aryl methyl sites for hydroxylation is 1. The number of anilines is 3. The van der Waals surface area contributed by atoms with Gasteiger partial charge >= 0.3 is 0 Å². The lowest BCUT2D eigenvalue weighted by atomic mass is 9.86. The summed E-state index contributed by atoms with van der Waals surface area (Å²) in [6.45, 7) is 10.1. The van der Waals surface area contributed by atoms with Gasteiger partial charge in [-0.25, -0.2) is 8.42 Å². The zero-order chi connectivity index (χ0) is 27.8. The summed E-state index contributed by atoms with van der Waals surface area (Å²) in [5.74, 6) is -0.0269. The largest absolute Gasteiger partial charge is 0.476 e. The third-order valence-corrected chi connectivity index (χ3v) is 9.25. The van der Waals surface area contributed by atoms with Crippen LogP contribution >= 0.6 is 0 Å². The van der Waals surface area contributed by atoms with Gasteiger partial charge in [-0.1, -0.05) is 44.5 Å². The molecule has 206 valence electrons. The van der Waals surface area contributed by atoms with Crippen molar-refractivity contribution in [1.82, 2.24) is 0 Å². The number of benzene rings is 3. The minimum atomic E-state index is -3.94. The molecule has 1 fully saturated rings. The Bertz CT molecular complexity index is 1440. The van der Waals surface area contributed by atoms with Crippen molar-refractivity contribution in [2.75, 3.05) is 34.2 Å². The summed E-state index contributed by atoms with van der Waals surface area (Å²) in [4.78, 5) is 15.9. The first-order chi connectivity index (χ1) is 18.5. The molecule has 1 amide bonds. The van der Waals surface area contributed by atoms with E-state index in [0.717, 1.165) is 29.9 Å². The van der Waals surface area contributed by atoms with Gasteiger partial charge in [0.15, 0.2) is 6.10 Å². The van der Waals surface area contributed by atoms with Gasteiger partial charge in [0, 0.05) is 24.5 Å². The Kier molecular flexibility index (Phi) is 7.33. The molecule has 3 aromatic carbocycles. The van der Waals surface area contributed by atoms with E-state index in [1.807, 2.05) is 43.3 Å². The molecular formula is C31H37N3O4S. The lowest BCUT2D eigenvalue weighted by Gasteiger charge is -2.36. The number of ether oxygens (including phenoxy) is 1. The van der Waals surface area contributed by atoms with Crippen molar-refractivity contribution in [1.29, 1.82) is 0 Å². The van der Waals surface area contributed by atoms with Crippen LogP contribution in [0.4, 0.5) is 17.1 Å². The van der Waals surface area contributed by atoms with Crippen molar-refractivity contribution < 1.29 is 17.9 Å². The van der Waals surface area contributed by atoms with Crippen LogP contribution in [0.25, 0.3) is 0 Å². The van der Waals surface area contributed by atoms with Crippen LogP contribution in [-0.2, 0) is 20.2 Å². The van der Waals surface area contributed by atoms with Gasteiger partial charge in [-0.15, -0.1) is 0 Å². The van der Waals surface area contributed by atoms with Gasteiger partial charge in [0.05, 0.1) is 17.1 Å². The fraction of sp³-hybridized carbons (Fsp3) is 0.387. The zero-order valence-electron chi connectivity index (χ0n) is 23.1. The Morgan fingerprint density at radius 2 is 1.59 bits per heavy atom. The highest BCUT2D eigenvalue weighted by atomic mass is 32.2. The molecule has 5 rings (SSSR count). The lowest BCUT2D eigenvalue weighted by Crippen LogP contribution is -2.49. The normalized spacial score (nSPS) is 17.8. The van der Waals surface area contributed by atoms with Crippen LogP contribution in [0.2, 0.25) is 0 Å². The molecule has 1 atom stereocenters. The second kappa shape index (κ2) is 10.6. The minimum absolute atomic E-state index is 0.130. The molecule has 2 heterocycles. The molecule has 0 radical (unpaired) electrons. The number of sulfonamides is 1. The van der Waals surface area contributed by atoms with Crippen LogP contribution in [0.3, 0.4) is 0 Å². The van der Waals surface area contributed by atoms with Gasteiger partial charge in [-0.2, -0.15) is 0 Å². The van der Waals surface area contributed by atoms with Gasteiger partial charge in [0.2, 0.25) is 0 Å². The molecule has 0 bridgehead atoms. The molecule has 0 spiro atoms. The van der Waals surface area contributed by atoms with E-state index in [1.54, 1.807) is 30.3 Å². The number of amides is 1. The molecule has 1 unspecified atom stereocenters. The van der Waals surface area contributed by atoms with E-state index in [9.17, 15) is 13.2 Å². The SMILES string of the molecule is Cc1ccc(S(=O)(=O)N2CC(C(=O)Nc3ccc(N4CCCCC4)cc3)Oc3ccc(C(C)(C)C)cc32)cc1. The summed E-state index contributed by atoms with van der Waals surface area (Å²) >= 11 is 0. The maximum Gasteiger partial charge on any atom is 0.267 e. The smallest absolute Gasteiger partial charge is 0.267 e. The molecule has 1 N–H and O–H groups in total.